The number of rotatable bonds is 2. The van der Waals surface area contributed by atoms with Gasteiger partial charge in [-0.15, -0.1) is 11.3 Å². The maximum Gasteiger partial charge on any atom is 0.338 e. The number of carbonyl (C=O) groups excluding carboxylic acids is 2. The van der Waals surface area contributed by atoms with Crippen molar-refractivity contribution in [2.24, 2.45) is 0 Å². The fourth-order valence-corrected chi connectivity index (χ4v) is 4.80. The number of benzene rings is 1. The molecule has 20 heavy (non-hydrogen) atoms. The Hall–Kier alpha value is -2.13. The van der Waals surface area contributed by atoms with Crippen LogP contribution in [0.2, 0.25) is 0 Å². The molecule has 104 valence electrons. The maximum absolute atomic E-state index is 12.3. The Morgan fingerprint density at radius 3 is 2.55 bits per heavy atom. The van der Waals surface area contributed by atoms with Crippen LogP contribution < -0.4 is 5.32 Å². The molecule has 1 aromatic heterocycles. The highest BCUT2D eigenvalue weighted by Gasteiger charge is 2.40. The minimum absolute atomic E-state index is 0.344. The van der Waals surface area contributed by atoms with Crippen molar-refractivity contribution in [2.75, 3.05) is 6.54 Å². The zero-order chi connectivity index (χ0) is 14.5. The van der Waals surface area contributed by atoms with Crippen LogP contribution in [-0.2, 0) is 14.8 Å². The third-order valence-corrected chi connectivity index (χ3v) is 6.20. The number of amides is 3. The van der Waals surface area contributed by atoms with Crippen molar-refractivity contribution < 1.29 is 23.1 Å². The van der Waals surface area contributed by atoms with Crippen molar-refractivity contribution in [3.8, 4) is 5.75 Å². The molecule has 1 aliphatic heterocycles. The van der Waals surface area contributed by atoms with Gasteiger partial charge in [0.2, 0.25) is 5.91 Å². The highest BCUT2D eigenvalue weighted by atomic mass is 32.2. The van der Waals surface area contributed by atoms with Crippen LogP contribution in [0.4, 0.5) is 4.79 Å². The molecule has 0 bridgehead atoms. The molecule has 0 spiro atoms. The van der Waals surface area contributed by atoms with E-state index in [1.807, 2.05) is 5.32 Å². The minimum Gasteiger partial charge on any atom is -0.505 e. The maximum atomic E-state index is 12.3. The lowest BCUT2D eigenvalue weighted by atomic mass is 10.2. The van der Waals surface area contributed by atoms with Gasteiger partial charge in [-0.25, -0.2) is 9.10 Å². The number of fused-ring (bicyclic) bond motifs is 1. The van der Waals surface area contributed by atoms with E-state index in [0.29, 0.717) is 14.4 Å². The lowest BCUT2D eigenvalue weighted by Crippen LogP contribution is -2.33. The normalized spacial score (nSPS) is 15.9. The number of carbonyl (C=O) groups is 2. The summed E-state index contributed by atoms with van der Waals surface area (Å²) in [6, 6.07) is 5.60. The Bertz CT molecular complexity index is 840. The van der Waals surface area contributed by atoms with E-state index < -0.39 is 34.3 Å². The lowest BCUT2D eigenvalue weighted by Gasteiger charge is -2.12. The third-order valence-electron chi connectivity index (χ3n) is 2.82. The average Bonchev–Trinajstić information content (AvgIpc) is 2.91. The molecule has 1 aromatic carbocycles. The second-order valence-electron chi connectivity index (χ2n) is 4.10. The number of hydrogen-bond donors (Lipinski definition) is 2. The molecule has 3 rings (SSSR count). The number of hydrogen-bond acceptors (Lipinski definition) is 6. The molecule has 3 amide bonds. The van der Waals surface area contributed by atoms with E-state index in [1.165, 1.54) is 0 Å². The van der Waals surface area contributed by atoms with Crippen LogP contribution in [0, 0.1) is 0 Å². The van der Waals surface area contributed by atoms with Crippen molar-refractivity contribution >= 4 is 43.4 Å². The Morgan fingerprint density at radius 2 is 1.95 bits per heavy atom. The van der Waals surface area contributed by atoms with Crippen LogP contribution in [0.15, 0.2) is 28.5 Å². The molecule has 0 radical (unpaired) electrons. The fourth-order valence-electron chi connectivity index (χ4n) is 1.90. The summed E-state index contributed by atoms with van der Waals surface area (Å²) in [7, 11) is -4.24. The van der Waals surface area contributed by atoms with E-state index in [4.69, 9.17) is 0 Å². The van der Waals surface area contributed by atoms with Crippen molar-refractivity contribution in [3.05, 3.63) is 24.3 Å². The number of nitrogens with zero attached hydrogens (tertiary/aromatic N) is 1. The molecule has 0 saturated carbocycles. The van der Waals surface area contributed by atoms with Gasteiger partial charge in [0.05, 0.1) is 0 Å². The van der Waals surface area contributed by atoms with E-state index in [-0.39, 0.29) is 4.21 Å². The number of nitrogens with one attached hydrogen (secondary N) is 1. The largest absolute Gasteiger partial charge is 0.505 e. The van der Waals surface area contributed by atoms with Crippen LogP contribution in [0.25, 0.3) is 10.1 Å². The van der Waals surface area contributed by atoms with E-state index in [0.717, 1.165) is 11.3 Å². The molecule has 0 aliphatic carbocycles. The quantitative estimate of drug-likeness (QED) is 0.800. The molecule has 9 heteroatoms. The van der Waals surface area contributed by atoms with Crippen molar-refractivity contribution in [2.45, 2.75) is 4.21 Å². The summed E-state index contributed by atoms with van der Waals surface area (Å²) < 4.78 is 25.3. The summed E-state index contributed by atoms with van der Waals surface area (Å²) in [5.41, 5.74) is 0. The molecule has 1 aliphatic rings. The molecule has 1 fully saturated rings. The number of urea groups is 1. The second kappa shape index (κ2) is 4.18. The first kappa shape index (κ1) is 12.9. The Balaban J connectivity index is 2.17. The Morgan fingerprint density at radius 1 is 1.25 bits per heavy atom. The molecule has 2 aromatic rings. The molecule has 0 atom stereocenters. The van der Waals surface area contributed by atoms with Gasteiger partial charge in [0.15, 0.2) is 9.96 Å². The van der Waals surface area contributed by atoms with Crippen LogP contribution in [-0.4, -0.2) is 36.3 Å². The summed E-state index contributed by atoms with van der Waals surface area (Å²) in [6.07, 6.45) is 0. The van der Waals surface area contributed by atoms with Crippen LogP contribution in [0.1, 0.15) is 0 Å². The van der Waals surface area contributed by atoms with Crippen LogP contribution in [0.5, 0.6) is 5.75 Å². The standard InChI is InChI=1S/C11H8N2O5S2/c14-8-5-13(11(16)12-8)20(17,18)10-9(15)6-3-1-2-4-7(6)19-10/h1-4,15H,5H2,(H,12,14,16). The first-order chi connectivity index (χ1) is 9.41. The molecule has 0 unspecified atom stereocenters. The average molecular weight is 312 g/mol. The molecular weight excluding hydrogens is 304 g/mol. The number of aromatic hydroxyl groups is 1. The lowest BCUT2D eigenvalue weighted by molar-refractivity contribution is -0.118. The van der Waals surface area contributed by atoms with Gasteiger partial charge < -0.3 is 5.11 Å². The Labute approximate surface area is 117 Å². The Kier molecular flexibility index (Phi) is 2.69. The van der Waals surface area contributed by atoms with Crippen molar-refractivity contribution in [1.82, 2.24) is 9.62 Å². The van der Waals surface area contributed by atoms with E-state index >= 15 is 0 Å². The van der Waals surface area contributed by atoms with E-state index in [2.05, 4.69) is 0 Å². The summed E-state index contributed by atoms with van der Waals surface area (Å²) in [5, 5.41) is 12.3. The minimum atomic E-state index is -4.24. The molecular formula is C11H8N2O5S2. The van der Waals surface area contributed by atoms with Crippen LogP contribution >= 0.6 is 11.3 Å². The number of thiophene rings is 1. The van der Waals surface area contributed by atoms with Gasteiger partial charge in [0.25, 0.3) is 10.0 Å². The third kappa shape index (κ3) is 1.74. The van der Waals surface area contributed by atoms with Gasteiger partial charge in [-0.2, -0.15) is 8.42 Å². The van der Waals surface area contributed by atoms with Crippen molar-refractivity contribution in [3.63, 3.8) is 0 Å². The topological polar surface area (TPSA) is 104 Å². The summed E-state index contributed by atoms with van der Waals surface area (Å²) >= 11 is 0.850. The summed E-state index contributed by atoms with van der Waals surface area (Å²) in [4.78, 5) is 22.6. The van der Waals surface area contributed by atoms with Gasteiger partial charge in [-0.05, 0) is 12.1 Å². The summed E-state index contributed by atoms with van der Waals surface area (Å²) in [6.45, 7) is -0.575. The van der Waals surface area contributed by atoms with E-state index in [1.54, 1.807) is 24.3 Å². The highest BCUT2D eigenvalue weighted by molar-refractivity contribution is 7.92. The second-order valence-corrected chi connectivity index (χ2v) is 7.21. The van der Waals surface area contributed by atoms with E-state index in [9.17, 15) is 23.1 Å². The molecule has 2 N–H and O–H groups in total. The molecule has 7 nitrogen and oxygen atoms in total. The number of sulfonamides is 1. The predicted octanol–water partition coefficient (Wildman–Crippen LogP) is 0.847. The number of imide groups is 1. The molecule has 2 heterocycles. The molecule has 1 saturated heterocycles. The summed E-state index contributed by atoms with van der Waals surface area (Å²) in [5.74, 6) is -1.10. The van der Waals surface area contributed by atoms with Crippen molar-refractivity contribution in [1.29, 1.82) is 0 Å². The first-order valence-electron chi connectivity index (χ1n) is 5.48. The zero-order valence-corrected chi connectivity index (χ0v) is 11.5. The smallest absolute Gasteiger partial charge is 0.338 e. The van der Waals surface area contributed by atoms with Gasteiger partial charge >= 0.3 is 6.03 Å². The fraction of sp³-hybridized carbons (Fsp3) is 0.0909. The zero-order valence-electron chi connectivity index (χ0n) is 9.86. The van der Waals surface area contributed by atoms with Gasteiger partial charge in [0, 0.05) is 10.1 Å². The first-order valence-corrected chi connectivity index (χ1v) is 7.74. The highest BCUT2D eigenvalue weighted by Crippen LogP contribution is 2.41. The monoisotopic (exact) mass is 312 g/mol. The van der Waals surface area contributed by atoms with Gasteiger partial charge in [-0.3, -0.25) is 10.1 Å². The SMILES string of the molecule is O=C1CN(S(=O)(=O)c2sc3ccccc3c2O)C(=O)N1. The predicted molar refractivity (Wildman–Crippen MR) is 70.9 cm³/mol. The van der Waals surface area contributed by atoms with Gasteiger partial charge in [-0.1, -0.05) is 12.1 Å². The van der Waals surface area contributed by atoms with Crippen LogP contribution in [0.3, 0.4) is 0 Å². The van der Waals surface area contributed by atoms with Gasteiger partial charge in [0.1, 0.15) is 6.54 Å².